The number of likely N-dealkylation sites (N-methyl/N-ethyl adjacent to an activating group) is 1. The third-order valence-corrected chi connectivity index (χ3v) is 5.33. The van der Waals surface area contributed by atoms with Crippen LogP contribution in [-0.2, 0) is 14.3 Å². The molecular weight excluding hydrogens is 382 g/mol. The van der Waals surface area contributed by atoms with Crippen molar-refractivity contribution in [1.82, 2.24) is 9.80 Å². The molecular formula is C23H47N3O4. The lowest BCUT2D eigenvalue weighted by atomic mass is 9.94. The first-order valence-corrected chi connectivity index (χ1v) is 11.3. The molecule has 178 valence electrons. The standard InChI is InChI=1S/C23H47N3O4/c1-22(2,3)21(29)26(15-14-25(7)23(4,5)6)13-9-8-11-19(24)20(28)12-10-17-30-18-16-27/h19,27H,8-18,24H2,1-7H3/t19-/m0/s1. The minimum Gasteiger partial charge on any atom is -0.394 e. The van der Waals surface area contributed by atoms with E-state index in [4.69, 9.17) is 15.6 Å². The largest absolute Gasteiger partial charge is 0.394 e. The Labute approximate surface area is 184 Å². The summed E-state index contributed by atoms with van der Waals surface area (Å²) >= 11 is 0. The van der Waals surface area contributed by atoms with Gasteiger partial charge >= 0.3 is 0 Å². The van der Waals surface area contributed by atoms with Gasteiger partial charge in [0.2, 0.25) is 5.91 Å². The van der Waals surface area contributed by atoms with Gasteiger partial charge in [-0.2, -0.15) is 0 Å². The molecule has 0 fully saturated rings. The van der Waals surface area contributed by atoms with Crippen LogP contribution in [0.4, 0.5) is 0 Å². The van der Waals surface area contributed by atoms with Crippen molar-refractivity contribution in [3.05, 3.63) is 0 Å². The SMILES string of the molecule is CN(CCN(CCCC[C@H](N)C(=O)CCCOCCO)C(=O)C(C)(C)C)C(C)(C)C. The highest BCUT2D eigenvalue weighted by Gasteiger charge is 2.28. The molecule has 0 aromatic heterocycles. The Morgan fingerprint density at radius 1 is 0.967 bits per heavy atom. The number of nitrogens with two attached hydrogens (primary N) is 1. The number of amides is 1. The maximum atomic E-state index is 12.9. The lowest BCUT2D eigenvalue weighted by molar-refractivity contribution is -0.140. The first-order chi connectivity index (χ1) is 13.8. The normalized spacial score (nSPS) is 13.5. The molecule has 0 bridgehead atoms. The Morgan fingerprint density at radius 2 is 1.60 bits per heavy atom. The Bertz CT molecular complexity index is 498. The molecule has 0 unspecified atom stereocenters. The van der Waals surface area contributed by atoms with E-state index in [1.54, 1.807) is 0 Å². The predicted octanol–water partition coefficient (Wildman–Crippen LogP) is 2.45. The van der Waals surface area contributed by atoms with Crippen LogP contribution in [-0.4, -0.2) is 84.7 Å². The number of carbonyl (C=O) groups is 2. The minimum absolute atomic E-state index is 0.00527. The van der Waals surface area contributed by atoms with Gasteiger partial charge in [-0.15, -0.1) is 0 Å². The second-order valence-electron chi connectivity index (χ2n) is 10.1. The Morgan fingerprint density at radius 3 is 2.13 bits per heavy atom. The first-order valence-electron chi connectivity index (χ1n) is 11.3. The van der Waals surface area contributed by atoms with Gasteiger partial charge in [-0.3, -0.25) is 14.5 Å². The Kier molecular flexibility index (Phi) is 13.6. The molecule has 0 heterocycles. The van der Waals surface area contributed by atoms with E-state index < -0.39 is 11.5 Å². The number of carbonyl (C=O) groups excluding carboxylic acids is 2. The molecule has 1 amide bonds. The van der Waals surface area contributed by atoms with Gasteiger partial charge in [0, 0.05) is 43.6 Å². The lowest BCUT2D eigenvalue weighted by Gasteiger charge is -2.35. The molecule has 0 saturated heterocycles. The smallest absolute Gasteiger partial charge is 0.227 e. The molecule has 0 aromatic rings. The highest BCUT2D eigenvalue weighted by molar-refractivity contribution is 5.83. The first kappa shape index (κ1) is 29.0. The molecule has 7 heteroatoms. The molecule has 0 aliphatic carbocycles. The number of nitrogens with zero attached hydrogens (tertiary/aromatic N) is 2. The van der Waals surface area contributed by atoms with Gasteiger partial charge in [0.05, 0.1) is 19.3 Å². The minimum atomic E-state index is -0.457. The van der Waals surface area contributed by atoms with E-state index in [-0.39, 0.29) is 23.8 Å². The summed E-state index contributed by atoms with van der Waals surface area (Å²) in [5.41, 5.74) is 5.68. The van der Waals surface area contributed by atoms with Crippen LogP contribution in [0.1, 0.15) is 73.6 Å². The molecule has 30 heavy (non-hydrogen) atoms. The number of unbranched alkanes of at least 4 members (excludes halogenated alkanes) is 1. The van der Waals surface area contributed by atoms with Gasteiger partial charge in [0.15, 0.2) is 0 Å². The summed E-state index contributed by atoms with van der Waals surface area (Å²) in [6.45, 7) is 15.3. The molecule has 0 aromatic carbocycles. The fourth-order valence-electron chi connectivity index (χ4n) is 2.92. The van der Waals surface area contributed by atoms with Crippen LogP contribution in [0.2, 0.25) is 0 Å². The molecule has 0 aliphatic rings. The third kappa shape index (κ3) is 12.6. The van der Waals surface area contributed by atoms with Crippen molar-refractivity contribution in [2.24, 2.45) is 11.1 Å². The number of aliphatic hydroxyl groups is 1. The number of ether oxygens (including phenoxy) is 1. The van der Waals surface area contributed by atoms with Crippen LogP contribution in [0, 0.1) is 5.41 Å². The molecule has 0 rings (SSSR count). The van der Waals surface area contributed by atoms with Gasteiger partial charge < -0.3 is 20.5 Å². The van der Waals surface area contributed by atoms with Crippen molar-refractivity contribution in [2.45, 2.75) is 85.2 Å². The van der Waals surface area contributed by atoms with Crippen molar-refractivity contribution in [3.63, 3.8) is 0 Å². The summed E-state index contributed by atoms with van der Waals surface area (Å²) in [6.07, 6.45) is 3.32. The summed E-state index contributed by atoms with van der Waals surface area (Å²) < 4.78 is 5.16. The number of ketones is 1. The van der Waals surface area contributed by atoms with Crippen molar-refractivity contribution in [1.29, 1.82) is 0 Å². The van der Waals surface area contributed by atoms with E-state index in [1.165, 1.54) is 0 Å². The highest BCUT2D eigenvalue weighted by Crippen LogP contribution is 2.19. The number of Topliss-reactive ketones (excluding diaryl/α,β-unsaturated/α-hetero) is 1. The maximum Gasteiger partial charge on any atom is 0.227 e. The fourth-order valence-corrected chi connectivity index (χ4v) is 2.92. The fraction of sp³-hybridized carbons (Fsp3) is 0.913. The van der Waals surface area contributed by atoms with E-state index >= 15 is 0 Å². The zero-order valence-electron chi connectivity index (χ0n) is 20.5. The van der Waals surface area contributed by atoms with Crippen LogP contribution in [0.5, 0.6) is 0 Å². The van der Waals surface area contributed by atoms with E-state index in [2.05, 4.69) is 32.7 Å². The van der Waals surface area contributed by atoms with Gasteiger partial charge in [0.25, 0.3) is 0 Å². The van der Waals surface area contributed by atoms with E-state index in [9.17, 15) is 9.59 Å². The molecule has 0 aliphatic heterocycles. The van der Waals surface area contributed by atoms with Gasteiger partial charge in [0.1, 0.15) is 5.78 Å². The zero-order chi connectivity index (χ0) is 23.4. The van der Waals surface area contributed by atoms with Crippen LogP contribution >= 0.6 is 0 Å². The molecule has 1 atom stereocenters. The van der Waals surface area contributed by atoms with Gasteiger partial charge in [-0.25, -0.2) is 0 Å². The Hall–Kier alpha value is -1.02. The number of aliphatic hydroxyl groups excluding tert-OH is 1. The number of rotatable bonds is 15. The molecule has 0 spiro atoms. The quantitative estimate of drug-likeness (QED) is 0.388. The van der Waals surface area contributed by atoms with Crippen molar-refractivity contribution in [2.75, 3.05) is 46.5 Å². The molecule has 7 nitrogen and oxygen atoms in total. The van der Waals surface area contributed by atoms with Gasteiger partial charge in [-0.05, 0) is 53.5 Å². The summed E-state index contributed by atoms with van der Waals surface area (Å²) in [7, 11) is 2.08. The van der Waals surface area contributed by atoms with Crippen molar-refractivity contribution in [3.8, 4) is 0 Å². The highest BCUT2D eigenvalue weighted by atomic mass is 16.5. The number of hydrogen-bond donors (Lipinski definition) is 2. The number of hydrogen-bond acceptors (Lipinski definition) is 6. The average Bonchev–Trinajstić information content (AvgIpc) is 2.64. The van der Waals surface area contributed by atoms with E-state index in [0.717, 1.165) is 19.4 Å². The topological polar surface area (TPSA) is 96.1 Å². The maximum absolute atomic E-state index is 12.9. The van der Waals surface area contributed by atoms with Crippen molar-refractivity contribution < 1.29 is 19.4 Å². The van der Waals surface area contributed by atoms with Crippen LogP contribution in [0.25, 0.3) is 0 Å². The lowest BCUT2D eigenvalue weighted by Crippen LogP contribution is -2.47. The molecule has 0 saturated carbocycles. The Balaban J connectivity index is 4.43. The van der Waals surface area contributed by atoms with Crippen LogP contribution in [0.3, 0.4) is 0 Å². The summed E-state index contributed by atoms with van der Waals surface area (Å²) in [4.78, 5) is 29.2. The van der Waals surface area contributed by atoms with Crippen LogP contribution < -0.4 is 5.73 Å². The van der Waals surface area contributed by atoms with Crippen LogP contribution in [0.15, 0.2) is 0 Å². The van der Waals surface area contributed by atoms with E-state index in [0.29, 0.717) is 45.6 Å². The van der Waals surface area contributed by atoms with E-state index in [1.807, 2.05) is 25.7 Å². The zero-order valence-corrected chi connectivity index (χ0v) is 20.5. The van der Waals surface area contributed by atoms with Crippen molar-refractivity contribution >= 4 is 11.7 Å². The summed E-state index contributed by atoms with van der Waals surface area (Å²) in [5, 5.41) is 8.66. The average molecular weight is 430 g/mol. The predicted molar refractivity (Wildman–Crippen MR) is 122 cm³/mol. The second kappa shape index (κ2) is 14.1. The third-order valence-electron chi connectivity index (χ3n) is 5.33. The van der Waals surface area contributed by atoms with Gasteiger partial charge in [-0.1, -0.05) is 20.8 Å². The summed E-state index contributed by atoms with van der Waals surface area (Å²) in [5.74, 6) is 0.213. The molecule has 3 N–H and O–H groups in total. The molecule has 0 radical (unpaired) electrons. The monoisotopic (exact) mass is 429 g/mol. The second-order valence-corrected chi connectivity index (χ2v) is 10.1. The summed E-state index contributed by atoms with van der Waals surface area (Å²) in [6, 6.07) is -0.457.